The minimum absolute atomic E-state index is 0.0227. The number of carbonyl (C=O) groups excluding carboxylic acids is 2. The van der Waals surface area contributed by atoms with E-state index in [0.717, 1.165) is 24.7 Å². The van der Waals surface area contributed by atoms with Gasteiger partial charge in [-0.15, -0.1) is 0 Å². The number of carbonyl (C=O) groups is 2. The molecule has 2 aromatic rings. The van der Waals surface area contributed by atoms with E-state index in [2.05, 4.69) is 41.4 Å². The summed E-state index contributed by atoms with van der Waals surface area (Å²) in [6, 6.07) is 11.4. The zero-order valence-electron chi connectivity index (χ0n) is 19.4. The predicted octanol–water partition coefficient (Wildman–Crippen LogP) is 3.32. The summed E-state index contributed by atoms with van der Waals surface area (Å²) in [4.78, 5) is 29.4. The van der Waals surface area contributed by atoms with Crippen molar-refractivity contribution in [1.29, 1.82) is 0 Å². The van der Waals surface area contributed by atoms with E-state index in [9.17, 15) is 18.4 Å². The van der Waals surface area contributed by atoms with Crippen LogP contribution < -0.4 is 5.32 Å². The maximum atomic E-state index is 14.0. The Hall–Kier alpha value is -2.84. The number of aryl methyl sites for hydroxylation is 1. The summed E-state index contributed by atoms with van der Waals surface area (Å²) in [6.45, 7) is 6.26. The van der Waals surface area contributed by atoms with Crippen molar-refractivity contribution >= 4 is 11.8 Å². The highest BCUT2D eigenvalue weighted by Gasteiger charge is 2.30. The van der Waals surface area contributed by atoms with Crippen LogP contribution in [0.1, 0.15) is 40.4 Å². The third-order valence-electron chi connectivity index (χ3n) is 6.73. The first kappa shape index (κ1) is 24.3. The molecule has 8 heteroatoms. The van der Waals surface area contributed by atoms with Crippen molar-refractivity contribution in [2.24, 2.45) is 5.92 Å². The number of piperidine rings is 1. The fraction of sp³-hybridized carbons (Fsp3) is 0.462. The van der Waals surface area contributed by atoms with Gasteiger partial charge in [-0.3, -0.25) is 14.5 Å². The maximum absolute atomic E-state index is 14.0. The van der Waals surface area contributed by atoms with Crippen LogP contribution in [0.25, 0.3) is 0 Å². The second kappa shape index (κ2) is 11.1. The fourth-order valence-corrected chi connectivity index (χ4v) is 4.66. The minimum Gasteiger partial charge on any atom is -0.379 e. The second-order valence-corrected chi connectivity index (χ2v) is 9.01. The van der Waals surface area contributed by atoms with Crippen LogP contribution in [0, 0.1) is 24.5 Å². The molecule has 4 rings (SSSR count). The van der Waals surface area contributed by atoms with E-state index in [1.54, 1.807) is 0 Å². The highest BCUT2D eigenvalue weighted by Crippen LogP contribution is 2.24. The van der Waals surface area contributed by atoms with Gasteiger partial charge >= 0.3 is 0 Å². The number of hydrogen-bond acceptors (Lipinski definition) is 4. The summed E-state index contributed by atoms with van der Waals surface area (Å²) in [5.74, 6) is -2.28. The molecule has 182 valence electrons. The summed E-state index contributed by atoms with van der Waals surface area (Å²) < 4.78 is 32.6. The van der Waals surface area contributed by atoms with Crippen molar-refractivity contribution in [3.05, 3.63) is 70.8 Å². The van der Waals surface area contributed by atoms with Gasteiger partial charge in [-0.1, -0.05) is 29.8 Å². The smallest absolute Gasteiger partial charge is 0.256 e. The average Bonchev–Trinajstić information content (AvgIpc) is 2.85. The Balaban J connectivity index is 1.33. The molecule has 0 radical (unpaired) electrons. The molecule has 2 aromatic carbocycles. The molecule has 34 heavy (non-hydrogen) atoms. The minimum atomic E-state index is -0.866. The van der Waals surface area contributed by atoms with Crippen LogP contribution >= 0.6 is 0 Å². The standard InChI is InChI=1S/C26H31F2N3O3/c1-18-2-4-19(5-3-18)24(30-12-14-34-15-13-30)17-29-25(32)20-8-10-31(11-9-20)26(33)22-7-6-21(27)16-23(22)28/h2-7,16,20,24H,8-15,17H2,1H3,(H,29,32). The van der Waals surface area contributed by atoms with Gasteiger partial charge in [0.2, 0.25) is 5.91 Å². The van der Waals surface area contributed by atoms with Crippen molar-refractivity contribution in [3.63, 3.8) is 0 Å². The van der Waals surface area contributed by atoms with E-state index in [4.69, 9.17) is 4.74 Å². The van der Waals surface area contributed by atoms with Crippen LogP contribution in [0.4, 0.5) is 8.78 Å². The Labute approximate surface area is 198 Å². The predicted molar refractivity (Wildman–Crippen MR) is 124 cm³/mol. The zero-order chi connectivity index (χ0) is 24.1. The Morgan fingerprint density at radius 2 is 1.71 bits per heavy atom. The lowest BCUT2D eigenvalue weighted by molar-refractivity contribution is -0.126. The molecule has 0 saturated carbocycles. The number of halogens is 2. The van der Waals surface area contributed by atoms with Gasteiger partial charge < -0.3 is 15.0 Å². The topological polar surface area (TPSA) is 61.9 Å². The Kier molecular flexibility index (Phi) is 7.90. The number of morpholine rings is 1. The molecule has 0 spiro atoms. The van der Waals surface area contributed by atoms with Crippen molar-refractivity contribution in [1.82, 2.24) is 15.1 Å². The number of benzene rings is 2. The summed E-state index contributed by atoms with van der Waals surface area (Å²) in [6.07, 6.45) is 1.01. The van der Waals surface area contributed by atoms with Crippen LogP contribution in [0.3, 0.4) is 0 Å². The molecule has 2 heterocycles. The molecule has 0 aliphatic carbocycles. The quantitative estimate of drug-likeness (QED) is 0.702. The molecule has 0 aromatic heterocycles. The molecule has 6 nitrogen and oxygen atoms in total. The van der Waals surface area contributed by atoms with Crippen LogP contribution in [0.5, 0.6) is 0 Å². The molecule has 2 amide bonds. The number of likely N-dealkylation sites (tertiary alicyclic amines) is 1. The largest absolute Gasteiger partial charge is 0.379 e. The molecular weight excluding hydrogens is 440 g/mol. The highest BCUT2D eigenvalue weighted by molar-refractivity contribution is 5.94. The summed E-state index contributed by atoms with van der Waals surface area (Å²) in [5, 5.41) is 3.13. The van der Waals surface area contributed by atoms with E-state index >= 15 is 0 Å². The van der Waals surface area contributed by atoms with E-state index in [0.29, 0.717) is 51.8 Å². The van der Waals surface area contributed by atoms with Crippen molar-refractivity contribution < 1.29 is 23.1 Å². The van der Waals surface area contributed by atoms with Crippen LogP contribution in [-0.4, -0.2) is 67.6 Å². The van der Waals surface area contributed by atoms with Gasteiger partial charge in [0.05, 0.1) is 24.8 Å². The lowest BCUT2D eigenvalue weighted by Gasteiger charge is -2.36. The lowest BCUT2D eigenvalue weighted by Crippen LogP contribution is -2.46. The van der Waals surface area contributed by atoms with Gasteiger partial charge in [0.1, 0.15) is 11.6 Å². The first-order valence-electron chi connectivity index (χ1n) is 11.8. The van der Waals surface area contributed by atoms with E-state index in [1.165, 1.54) is 16.5 Å². The molecule has 2 fully saturated rings. The molecule has 1 N–H and O–H groups in total. The number of ether oxygens (including phenoxy) is 1. The Morgan fingerprint density at radius 1 is 1.03 bits per heavy atom. The van der Waals surface area contributed by atoms with Crippen LogP contribution in [0.2, 0.25) is 0 Å². The molecule has 1 atom stereocenters. The molecule has 1 unspecified atom stereocenters. The number of nitrogens with one attached hydrogen (secondary N) is 1. The van der Waals surface area contributed by atoms with Crippen LogP contribution in [-0.2, 0) is 9.53 Å². The van der Waals surface area contributed by atoms with Gasteiger partial charge in [-0.25, -0.2) is 8.78 Å². The molecular formula is C26H31F2N3O3. The number of hydrogen-bond donors (Lipinski definition) is 1. The first-order chi connectivity index (χ1) is 16.4. The normalized spacial score (nSPS) is 18.5. The number of rotatable bonds is 6. The van der Waals surface area contributed by atoms with Crippen LogP contribution in [0.15, 0.2) is 42.5 Å². The van der Waals surface area contributed by atoms with Gasteiger partial charge in [-0.2, -0.15) is 0 Å². The summed E-state index contributed by atoms with van der Waals surface area (Å²) in [7, 11) is 0. The Morgan fingerprint density at radius 3 is 2.35 bits per heavy atom. The molecule has 2 saturated heterocycles. The van der Waals surface area contributed by atoms with E-state index in [-0.39, 0.29) is 23.4 Å². The van der Waals surface area contributed by atoms with Gasteiger partial charge in [0.15, 0.2) is 0 Å². The molecule has 0 bridgehead atoms. The fourth-order valence-electron chi connectivity index (χ4n) is 4.66. The van der Waals surface area contributed by atoms with Gasteiger partial charge in [-0.05, 0) is 37.5 Å². The SMILES string of the molecule is Cc1ccc(C(CNC(=O)C2CCN(C(=O)c3ccc(F)cc3F)CC2)N2CCOCC2)cc1. The first-order valence-corrected chi connectivity index (χ1v) is 11.8. The third-order valence-corrected chi connectivity index (χ3v) is 6.73. The van der Waals surface area contributed by atoms with Gasteiger partial charge in [0.25, 0.3) is 5.91 Å². The van der Waals surface area contributed by atoms with Crippen molar-refractivity contribution in [2.75, 3.05) is 45.9 Å². The second-order valence-electron chi connectivity index (χ2n) is 9.01. The lowest BCUT2D eigenvalue weighted by atomic mass is 9.95. The van der Waals surface area contributed by atoms with E-state index in [1.807, 2.05) is 0 Å². The maximum Gasteiger partial charge on any atom is 0.256 e. The third kappa shape index (κ3) is 5.80. The van der Waals surface area contributed by atoms with E-state index < -0.39 is 17.5 Å². The Bertz CT molecular complexity index is 1000. The number of nitrogens with zero attached hydrogens (tertiary/aromatic N) is 2. The number of amides is 2. The molecule has 2 aliphatic heterocycles. The zero-order valence-corrected chi connectivity index (χ0v) is 19.4. The average molecular weight is 472 g/mol. The van der Waals surface area contributed by atoms with Crippen molar-refractivity contribution in [3.8, 4) is 0 Å². The van der Waals surface area contributed by atoms with Crippen molar-refractivity contribution in [2.45, 2.75) is 25.8 Å². The monoisotopic (exact) mass is 471 g/mol. The molecule has 2 aliphatic rings. The summed E-state index contributed by atoms with van der Waals surface area (Å²) in [5.41, 5.74) is 2.21. The van der Waals surface area contributed by atoms with Gasteiger partial charge in [0, 0.05) is 44.7 Å². The summed E-state index contributed by atoms with van der Waals surface area (Å²) >= 11 is 0. The highest BCUT2D eigenvalue weighted by atomic mass is 19.1.